The molecule has 1 amide bonds. The Morgan fingerprint density at radius 2 is 2.03 bits per heavy atom. The number of methoxy groups -OCH3 is 1. The summed E-state index contributed by atoms with van der Waals surface area (Å²) in [5.41, 5.74) is 5.89. The summed E-state index contributed by atoms with van der Waals surface area (Å²) in [5, 5.41) is 4.12. The van der Waals surface area contributed by atoms with Gasteiger partial charge in [0.1, 0.15) is 11.5 Å². The maximum Gasteiger partial charge on any atom is 0.277 e. The summed E-state index contributed by atoms with van der Waals surface area (Å²) in [4.78, 5) is 14.6. The number of anilines is 1. The molecular formula is C24H29Br2N3O3. The molecule has 0 aromatic heterocycles. The van der Waals surface area contributed by atoms with Gasteiger partial charge in [0.2, 0.25) is 0 Å². The Morgan fingerprint density at radius 1 is 1.28 bits per heavy atom. The molecule has 8 heteroatoms. The second kappa shape index (κ2) is 10.3. The summed E-state index contributed by atoms with van der Waals surface area (Å²) in [6, 6.07) is 9.68. The molecule has 1 heterocycles. The van der Waals surface area contributed by atoms with Gasteiger partial charge in [-0.15, -0.1) is 0 Å². The Labute approximate surface area is 206 Å². The van der Waals surface area contributed by atoms with E-state index in [4.69, 9.17) is 9.47 Å². The van der Waals surface area contributed by atoms with Crippen molar-refractivity contribution < 1.29 is 14.3 Å². The van der Waals surface area contributed by atoms with Crippen molar-refractivity contribution in [3.8, 4) is 11.5 Å². The normalized spacial score (nSPS) is 17.2. The summed E-state index contributed by atoms with van der Waals surface area (Å²) < 4.78 is 12.9. The van der Waals surface area contributed by atoms with Crippen molar-refractivity contribution in [3.63, 3.8) is 0 Å². The number of benzene rings is 2. The zero-order valence-corrected chi connectivity index (χ0v) is 22.2. The first-order valence-electron chi connectivity index (χ1n) is 10.6. The Kier molecular flexibility index (Phi) is 7.88. The molecule has 0 spiro atoms. The van der Waals surface area contributed by atoms with E-state index in [-0.39, 0.29) is 18.1 Å². The van der Waals surface area contributed by atoms with Crippen LogP contribution in [0.3, 0.4) is 0 Å². The number of carbonyl (C=O) groups is 1. The molecule has 0 aliphatic carbocycles. The van der Waals surface area contributed by atoms with Crippen LogP contribution < -0.4 is 19.8 Å². The van der Waals surface area contributed by atoms with Crippen LogP contribution >= 0.6 is 31.9 Å². The molecule has 3 rings (SSSR count). The van der Waals surface area contributed by atoms with Gasteiger partial charge in [0.05, 0.1) is 17.8 Å². The van der Waals surface area contributed by atoms with Gasteiger partial charge < -0.3 is 14.4 Å². The Morgan fingerprint density at radius 3 is 2.69 bits per heavy atom. The van der Waals surface area contributed by atoms with Crippen LogP contribution in [0.2, 0.25) is 0 Å². The summed E-state index contributed by atoms with van der Waals surface area (Å²) in [5.74, 6) is 1.37. The highest BCUT2D eigenvalue weighted by Gasteiger charge is 2.36. The number of hydrogen-bond donors (Lipinski definition) is 1. The largest absolute Gasteiger partial charge is 0.496 e. The maximum atomic E-state index is 12.2. The summed E-state index contributed by atoms with van der Waals surface area (Å²) >= 11 is 6.80. The van der Waals surface area contributed by atoms with Crippen molar-refractivity contribution in [2.45, 2.75) is 45.6 Å². The quantitative estimate of drug-likeness (QED) is 0.337. The minimum absolute atomic E-state index is 0.0829. The number of amides is 1. The third-order valence-electron chi connectivity index (χ3n) is 5.70. The van der Waals surface area contributed by atoms with Gasteiger partial charge in [-0.2, -0.15) is 5.10 Å². The highest BCUT2D eigenvalue weighted by molar-refractivity contribution is 9.11. The molecule has 2 aromatic carbocycles. The van der Waals surface area contributed by atoms with Crippen LogP contribution in [0.1, 0.15) is 51.2 Å². The molecule has 0 radical (unpaired) electrons. The standard InChI is InChI=1S/C24H29Br2N3O3/c1-6-29-20-11-22(31-5)16(9-18(20)15(2)12-24(29,3)4)13-27-28-23(30)14-32-21-8-7-17(25)10-19(21)26/h7-11,13,15H,6,12,14H2,1-5H3,(H,28,30)/b27-13+. The number of fused-ring (bicyclic) bond motifs is 1. The molecule has 2 aromatic rings. The van der Waals surface area contributed by atoms with Crippen molar-refractivity contribution in [1.82, 2.24) is 5.43 Å². The van der Waals surface area contributed by atoms with Gasteiger partial charge in [-0.3, -0.25) is 4.79 Å². The second-order valence-electron chi connectivity index (χ2n) is 8.47. The molecular weight excluding hydrogens is 538 g/mol. The van der Waals surface area contributed by atoms with Crippen LogP contribution in [-0.2, 0) is 4.79 Å². The van der Waals surface area contributed by atoms with Crippen molar-refractivity contribution in [2.24, 2.45) is 5.10 Å². The van der Waals surface area contributed by atoms with E-state index in [1.807, 2.05) is 12.1 Å². The summed E-state index contributed by atoms with van der Waals surface area (Å²) in [6.45, 7) is 9.77. The van der Waals surface area contributed by atoms with Gasteiger partial charge in [-0.25, -0.2) is 5.43 Å². The molecule has 172 valence electrons. The third-order valence-corrected chi connectivity index (χ3v) is 6.81. The number of hydrazone groups is 1. The average molecular weight is 567 g/mol. The van der Waals surface area contributed by atoms with Gasteiger partial charge in [-0.1, -0.05) is 22.9 Å². The lowest BCUT2D eigenvalue weighted by Crippen LogP contribution is -2.48. The van der Waals surface area contributed by atoms with E-state index in [2.05, 4.69) is 87.1 Å². The fraction of sp³-hybridized carbons (Fsp3) is 0.417. The molecule has 1 atom stereocenters. The third kappa shape index (κ3) is 5.46. The van der Waals surface area contributed by atoms with E-state index in [1.54, 1.807) is 19.4 Å². The smallest absolute Gasteiger partial charge is 0.277 e. The van der Waals surface area contributed by atoms with Gasteiger partial charge in [0.25, 0.3) is 5.91 Å². The lowest BCUT2D eigenvalue weighted by atomic mass is 9.79. The van der Waals surface area contributed by atoms with Gasteiger partial charge in [0.15, 0.2) is 6.61 Å². The fourth-order valence-electron chi connectivity index (χ4n) is 4.35. The number of rotatable bonds is 7. The Balaban J connectivity index is 1.71. The van der Waals surface area contributed by atoms with E-state index in [0.717, 1.165) is 33.2 Å². The molecule has 1 unspecified atom stereocenters. The minimum atomic E-state index is -0.347. The minimum Gasteiger partial charge on any atom is -0.496 e. The monoisotopic (exact) mass is 565 g/mol. The molecule has 1 aliphatic rings. The lowest BCUT2D eigenvalue weighted by Gasteiger charge is -2.47. The van der Waals surface area contributed by atoms with E-state index >= 15 is 0 Å². The molecule has 32 heavy (non-hydrogen) atoms. The highest BCUT2D eigenvalue weighted by Crippen LogP contribution is 2.45. The van der Waals surface area contributed by atoms with E-state index < -0.39 is 0 Å². The highest BCUT2D eigenvalue weighted by atomic mass is 79.9. The second-order valence-corrected chi connectivity index (χ2v) is 10.2. The Hall–Kier alpha value is -2.06. The van der Waals surface area contributed by atoms with Gasteiger partial charge >= 0.3 is 0 Å². The number of nitrogens with zero attached hydrogens (tertiary/aromatic N) is 2. The van der Waals surface area contributed by atoms with Crippen molar-refractivity contribution >= 4 is 49.7 Å². The molecule has 0 fully saturated rings. The van der Waals surface area contributed by atoms with Crippen molar-refractivity contribution in [1.29, 1.82) is 0 Å². The maximum absolute atomic E-state index is 12.2. The van der Waals surface area contributed by atoms with Gasteiger partial charge in [-0.05, 0) is 78.9 Å². The zero-order valence-electron chi connectivity index (χ0n) is 19.0. The van der Waals surface area contributed by atoms with E-state index in [9.17, 15) is 4.79 Å². The van der Waals surface area contributed by atoms with Crippen LogP contribution in [0.5, 0.6) is 11.5 Å². The first kappa shape index (κ1) is 24.6. The van der Waals surface area contributed by atoms with Crippen LogP contribution in [0, 0.1) is 0 Å². The first-order chi connectivity index (χ1) is 15.2. The van der Waals surface area contributed by atoms with Crippen LogP contribution in [0.15, 0.2) is 44.4 Å². The Bertz CT molecular complexity index is 1020. The molecule has 6 nitrogen and oxygen atoms in total. The SMILES string of the molecule is CCN1c2cc(OC)c(/C=N/NC(=O)COc3ccc(Br)cc3Br)cc2C(C)CC1(C)C. The van der Waals surface area contributed by atoms with Gasteiger partial charge in [0, 0.05) is 33.9 Å². The first-order valence-corrected chi connectivity index (χ1v) is 12.1. The summed E-state index contributed by atoms with van der Waals surface area (Å²) in [7, 11) is 1.65. The topological polar surface area (TPSA) is 63.2 Å². The number of halogens is 2. The number of carbonyl (C=O) groups excluding carboxylic acids is 1. The summed E-state index contributed by atoms with van der Waals surface area (Å²) in [6.07, 6.45) is 2.69. The van der Waals surface area contributed by atoms with Crippen molar-refractivity contribution in [3.05, 3.63) is 50.4 Å². The van der Waals surface area contributed by atoms with E-state index in [1.165, 1.54) is 11.3 Å². The molecule has 0 saturated carbocycles. The van der Waals surface area contributed by atoms with Crippen LogP contribution in [-0.4, -0.2) is 37.9 Å². The average Bonchev–Trinajstić information content (AvgIpc) is 2.72. The van der Waals surface area contributed by atoms with Crippen LogP contribution in [0.25, 0.3) is 0 Å². The molecule has 0 bridgehead atoms. The number of ether oxygens (including phenoxy) is 2. The lowest BCUT2D eigenvalue weighted by molar-refractivity contribution is -0.123. The molecule has 1 N–H and O–H groups in total. The van der Waals surface area contributed by atoms with Crippen molar-refractivity contribution in [2.75, 3.05) is 25.2 Å². The predicted octanol–water partition coefficient (Wildman–Crippen LogP) is 5.86. The fourth-order valence-corrected chi connectivity index (χ4v) is 5.51. The van der Waals surface area contributed by atoms with E-state index in [0.29, 0.717) is 11.7 Å². The van der Waals surface area contributed by atoms with Crippen LogP contribution in [0.4, 0.5) is 5.69 Å². The predicted molar refractivity (Wildman–Crippen MR) is 136 cm³/mol. The number of hydrogen-bond acceptors (Lipinski definition) is 5. The molecule has 1 aliphatic heterocycles. The zero-order chi connectivity index (χ0) is 23.5. The molecule has 0 saturated heterocycles. The number of nitrogens with one attached hydrogen (secondary N) is 1.